The Morgan fingerprint density at radius 3 is 2.70 bits per heavy atom. The molecule has 2 aromatic rings. The zero-order valence-corrected chi connectivity index (χ0v) is 15.0. The second-order valence-corrected chi connectivity index (χ2v) is 6.59. The van der Waals surface area contributed by atoms with Gasteiger partial charge in [0.2, 0.25) is 0 Å². The Kier molecular flexibility index (Phi) is 5.27. The number of aromatic carboxylic acids is 1. The molecule has 1 saturated heterocycles. The first kappa shape index (κ1) is 18.7. The lowest BCUT2D eigenvalue weighted by Gasteiger charge is -2.12. The molecule has 1 aliphatic heterocycles. The summed E-state index contributed by atoms with van der Waals surface area (Å²) in [5.41, 5.74) is 0.209. The third kappa shape index (κ3) is 3.85. The number of likely N-dealkylation sites (N-methyl/N-ethyl adjacent to an activating group) is 1. The molecule has 1 heterocycles. The van der Waals surface area contributed by atoms with E-state index in [4.69, 9.17) is 0 Å². The molecule has 6 nitrogen and oxygen atoms in total. The number of aliphatic imine (C=N–C) groups is 1. The van der Waals surface area contributed by atoms with Crippen molar-refractivity contribution >= 4 is 40.6 Å². The van der Waals surface area contributed by atoms with Gasteiger partial charge in [-0.05, 0) is 49.0 Å². The molecule has 1 fully saturated rings. The number of phenolic OH excluding ortho intramolecular Hbond substituents is 1. The van der Waals surface area contributed by atoms with Crippen molar-refractivity contribution in [1.82, 2.24) is 4.90 Å². The monoisotopic (exact) mass is 386 g/mol. The van der Waals surface area contributed by atoms with E-state index in [2.05, 4.69) is 4.99 Å². The molecule has 0 bridgehead atoms. The Balaban J connectivity index is 2.02. The van der Waals surface area contributed by atoms with Gasteiger partial charge in [0.15, 0.2) is 5.17 Å². The lowest BCUT2D eigenvalue weighted by atomic mass is 10.2. The maximum Gasteiger partial charge on any atom is 0.338 e. The van der Waals surface area contributed by atoms with Crippen molar-refractivity contribution in [3.8, 4) is 5.75 Å². The van der Waals surface area contributed by atoms with E-state index in [0.717, 1.165) is 17.8 Å². The number of hydrogen-bond acceptors (Lipinski definition) is 5. The Labute approximate surface area is 158 Å². The standard InChI is InChI=1S/C19H15FN2O4S/c1-2-22-17(24)16(9-11-5-3-4-6-14(11)20)27-19(22)21-15-8-7-12(23)10-13(15)18(25)26/h3-10,23H,2H2,1H3,(H,25,26)/b16-9-,21-19?. The molecule has 8 heteroatoms. The lowest BCUT2D eigenvalue weighted by Crippen LogP contribution is -2.28. The van der Waals surface area contributed by atoms with Crippen LogP contribution in [0.2, 0.25) is 0 Å². The summed E-state index contributed by atoms with van der Waals surface area (Å²) in [5, 5.41) is 19.1. The van der Waals surface area contributed by atoms with Crippen LogP contribution in [0.25, 0.3) is 6.08 Å². The molecule has 0 spiro atoms. The van der Waals surface area contributed by atoms with Crippen molar-refractivity contribution in [3.63, 3.8) is 0 Å². The fourth-order valence-corrected chi connectivity index (χ4v) is 3.55. The van der Waals surface area contributed by atoms with Gasteiger partial charge in [0.25, 0.3) is 5.91 Å². The molecule has 0 aromatic heterocycles. The van der Waals surface area contributed by atoms with Crippen LogP contribution >= 0.6 is 11.8 Å². The second-order valence-electron chi connectivity index (χ2n) is 5.58. The number of amides is 1. The SMILES string of the molecule is CCN1C(=O)/C(=C/c2ccccc2F)SC1=Nc1ccc(O)cc1C(=O)O. The molecule has 1 aliphatic rings. The van der Waals surface area contributed by atoms with E-state index in [9.17, 15) is 24.2 Å². The van der Waals surface area contributed by atoms with Crippen LogP contribution in [0.15, 0.2) is 52.4 Å². The van der Waals surface area contributed by atoms with E-state index >= 15 is 0 Å². The number of rotatable bonds is 4. The number of nitrogens with zero attached hydrogens (tertiary/aromatic N) is 2. The molecular formula is C19H15FN2O4S. The molecule has 1 amide bonds. The van der Waals surface area contributed by atoms with E-state index in [1.807, 2.05) is 0 Å². The van der Waals surface area contributed by atoms with Crippen LogP contribution in [0, 0.1) is 5.82 Å². The number of benzene rings is 2. The van der Waals surface area contributed by atoms with Gasteiger partial charge >= 0.3 is 5.97 Å². The smallest absolute Gasteiger partial charge is 0.338 e. The number of halogens is 1. The van der Waals surface area contributed by atoms with Crippen molar-refractivity contribution < 1.29 is 24.2 Å². The molecule has 2 N–H and O–H groups in total. The summed E-state index contributed by atoms with van der Waals surface area (Å²) in [6.07, 6.45) is 1.45. The van der Waals surface area contributed by atoms with Crippen molar-refractivity contribution in [2.75, 3.05) is 6.54 Å². The van der Waals surface area contributed by atoms with Gasteiger partial charge in [0.05, 0.1) is 16.2 Å². The summed E-state index contributed by atoms with van der Waals surface area (Å²) >= 11 is 1.04. The van der Waals surface area contributed by atoms with Gasteiger partial charge in [-0.3, -0.25) is 9.69 Å². The van der Waals surface area contributed by atoms with Gasteiger partial charge in [-0.1, -0.05) is 18.2 Å². The van der Waals surface area contributed by atoms with Crippen molar-refractivity contribution in [1.29, 1.82) is 0 Å². The Hall–Kier alpha value is -3.13. The predicted octanol–water partition coefficient (Wildman–Crippen LogP) is 3.85. The van der Waals surface area contributed by atoms with E-state index in [0.29, 0.717) is 11.7 Å². The van der Waals surface area contributed by atoms with E-state index < -0.39 is 11.8 Å². The molecule has 138 valence electrons. The first-order chi connectivity index (χ1) is 12.9. The van der Waals surface area contributed by atoms with Crippen LogP contribution in [0.5, 0.6) is 5.75 Å². The van der Waals surface area contributed by atoms with Crippen molar-refractivity contribution in [2.45, 2.75) is 6.92 Å². The zero-order chi connectivity index (χ0) is 19.6. The second kappa shape index (κ2) is 7.63. The molecule has 0 unspecified atom stereocenters. The highest BCUT2D eigenvalue weighted by Crippen LogP contribution is 2.35. The topological polar surface area (TPSA) is 90.2 Å². The minimum atomic E-state index is -1.25. The number of amidine groups is 1. The summed E-state index contributed by atoms with van der Waals surface area (Å²) in [4.78, 5) is 30.0. The lowest BCUT2D eigenvalue weighted by molar-refractivity contribution is -0.122. The minimum absolute atomic E-state index is 0.112. The summed E-state index contributed by atoms with van der Waals surface area (Å²) in [7, 11) is 0. The zero-order valence-electron chi connectivity index (χ0n) is 14.2. The molecule has 0 aliphatic carbocycles. The number of hydrogen-bond donors (Lipinski definition) is 2. The average molecular weight is 386 g/mol. The van der Waals surface area contributed by atoms with Crippen LogP contribution in [0.1, 0.15) is 22.8 Å². The first-order valence-corrected chi connectivity index (χ1v) is 8.83. The number of aromatic hydroxyl groups is 1. The Morgan fingerprint density at radius 2 is 2.04 bits per heavy atom. The molecule has 0 saturated carbocycles. The molecule has 3 rings (SSSR count). The van der Waals surface area contributed by atoms with E-state index in [1.54, 1.807) is 25.1 Å². The first-order valence-electron chi connectivity index (χ1n) is 8.01. The fourth-order valence-electron chi connectivity index (χ4n) is 2.50. The summed E-state index contributed by atoms with van der Waals surface area (Å²) in [6.45, 7) is 2.08. The van der Waals surface area contributed by atoms with E-state index in [-0.39, 0.29) is 33.4 Å². The number of carbonyl (C=O) groups excluding carboxylic acids is 1. The number of carboxylic acids is 1. The number of thioether (sulfide) groups is 1. The molecule has 0 atom stereocenters. The van der Waals surface area contributed by atoms with Crippen molar-refractivity contribution in [3.05, 3.63) is 64.3 Å². The third-order valence-corrected chi connectivity index (χ3v) is 4.83. The van der Waals surface area contributed by atoms with Crippen LogP contribution in [0.3, 0.4) is 0 Å². The fraction of sp³-hybridized carbons (Fsp3) is 0.105. The quantitative estimate of drug-likeness (QED) is 0.779. The number of carboxylic acid groups (broad SMARTS) is 1. The number of carbonyl (C=O) groups is 2. The van der Waals surface area contributed by atoms with Crippen LogP contribution in [0.4, 0.5) is 10.1 Å². The molecule has 27 heavy (non-hydrogen) atoms. The predicted molar refractivity (Wildman–Crippen MR) is 102 cm³/mol. The molecule has 0 radical (unpaired) electrons. The van der Waals surface area contributed by atoms with Gasteiger partial charge < -0.3 is 10.2 Å². The normalized spacial score (nSPS) is 17.1. The summed E-state index contributed by atoms with van der Waals surface area (Å²) in [6, 6.07) is 9.87. The Bertz CT molecular complexity index is 987. The highest BCUT2D eigenvalue weighted by Gasteiger charge is 2.32. The van der Waals surface area contributed by atoms with Crippen LogP contribution in [-0.2, 0) is 4.79 Å². The number of phenols is 1. The Morgan fingerprint density at radius 1 is 1.30 bits per heavy atom. The van der Waals surface area contributed by atoms with Crippen LogP contribution in [-0.4, -0.2) is 38.7 Å². The van der Waals surface area contributed by atoms with Gasteiger partial charge in [-0.25, -0.2) is 14.2 Å². The van der Waals surface area contributed by atoms with Gasteiger partial charge in [-0.15, -0.1) is 0 Å². The van der Waals surface area contributed by atoms with Gasteiger partial charge in [-0.2, -0.15) is 0 Å². The maximum atomic E-state index is 13.9. The highest BCUT2D eigenvalue weighted by atomic mass is 32.2. The average Bonchev–Trinajstić information content (AvgIpc) is 2.93. The minimum Gasteiger partial charge on any atom is -0.508 e. The van der Waals surface area contributed by atoms with Crippen molar-refractivity contribution in [2.24, 2.45) is 4.99 Å². The van der Waals surface area contributed by atoms with E-state index in [1.165, 1.54) is 29.2 Å². The third-order valence-electron chi connectivity index (χ3n) is 3.82. The highest BCUT2D eigenvalue weighted by molar-refractivity contribution is 8.18. The summed E-state index contributed by atoms with van der Waals surface area (Å²) in [5.74, 6) is -2.22. The van der Waals surface area contributed by atoms with Gasteiger partial charge in [0, 0.05) is 12.1 Å². The van der Waals surface area contributed by atoms with Crippen LogP contribution < -0.4 is 0 Å². The van der Waals surface area contributed by atoms with Gasteiger partial charge in [0.1, 0.15) is 11.6 Å². The maximum absolute atomic E-state index is 13.9. The molecule has 2 aromatic carbocycles. The molecular weight excluding hydrogens is 371 g/mol. The summed E-state index contributed by atoms with van der Waals surface area (Å²) < 4.78 is 13.9. The largest absolute Gasteiger partial charge is 0.508 e.